The molecule has 2 aromatic carbocycles. The number of aryl methyl sites for hydroxylation is 1. The number of pyridine rings is 1. The normalized spacial score (nSPS) is 10.7. The largest absolute Gasteiger partial charge is 0.496 e. The van der Waals surface area contributed by atoms with E-state index in [2.05, 4.69) is 10.3 Å². The van der Waals surface area contributed by atoms with E-state index in [1.807, 2.05) is 24.3 Å². The molecule has 0 fully saturated rings. The van der Waals surface area contributed by atoms with Gasteiger partial charge < -0.3 is 15.0 Å². The summed E-state index contributed by atoms with van der Waals surface area (Å²) in [4.78, 5) is 26.8. The zero-order valence-corrected chi connectivity index (χ0v) is 15.0. The van der Waals surface area contributed by atoms with Crippen LogP contribution in [0.25, 0.3) is 10.9 Å². The molecule has 27 heavy (non-hydrogen) atoms. The SMILES string of the molecule is COc1ccccc1CCNC(=O)CCc1cc2ccc(F)cc2[nH]c1=O. The Labute approximate surface area is 156 Å². The smallest absolute Gasteiger partial charge is 0.251 e. The highest BCUT2D eigenvalue weighted by Crippen LogP contribution is 2.17. The molecular formula is C21H21FN2O3. The molecule has 1 amide bonds. The van der Waals surface area contributed by atoms with Gasteiger partial charge in [0.2, 0.25) is 5.91 Å². The van der Waals surface area contributed by atoms with Crippen LogP contribution in [0.15, 0.2) is 53.3 Å². The molecule has 140 valence electrons. The highest BCUT2D eigenvalue weighted by Gasteiger charge is 2.08. The Hall–Kier alpha value is -3.15. The van der Waals surface area contributed by atoms with Gasteiger partial charge in [-0.2, -0.15) is 0 Å². The van der Waals surface area contributed by atoms with Crippen molar-refractivity contribution in [2.24, 2.45) is 0 Å². The maximum absolute atomic E-state index is 13.2. The van der Waals surface area contributed by atoms with Crippen molar-refractivity contribution in [3.63, 3.8) is 0 Å². The predicted molar refractivity (Wildman–Crippen MR) is 103 cm³/mol. The number of aromatic nitrogens is 1. The first kappa shape index (κ1) is 18.6. The molecular weight excluding hydrogens is 347 g/mol. The lowest BCUT2D eigenvalue weighted by molar-refractivity contribution is -0.121. The van der Waals surface area contributed by atoms with Crippen LogP contribution in [0.3, 0.4) is 0 Å². The molecule has 2 N–H and O–H groups in total. The lowest BCUT2D eigenvalue weighted by atomic mass is 10.1. The van der Waals surface area contributed by atoms with E-state index < -0.39 is 5.82 Å². The van der Waals surface area contributed by atoms with Crippen molar-refractivity contribution in [1.29, 1.82) is 0 Å². The molecule has 3 rings (SSSR count). The van der Waals surface area contributed by atoms with Crippen molar-refractivity contribution in [2.75, 3.05) is 13.7 Å². The second kappa shape index (κ2) is 8.49. The number of hydrogen-bond donors (Lipinski definition) is 2. The van der Waals surface area contributed by atoms with Crippen LogP contribution in [-0.2, 0) is 17.6 Å². The number of carbonyl (C=O) groups is 1. The molecule has 5 nitrogen and oxygen atoms in total. The van der Waals surface area contributed by atoms with Gasteiger partial charge in [0, 0.05) is 18.5 Å². The minimum atomic E-state index is -0.402. The number of carbonyl (C=O) groups excluding carboxylic acids is 1. The number of para-hydroxylation sites is 1. The molecule has 1 heterocycles. The minimum Gasteiger partial charge on any atom is -0.496 e. The molecule has 0 unspecified atom stereocenters. The second-order valence-corrected chi connectivity index (χ2v) is 6.27. The molecule has 3 aromatic rings. The Balaban J connectivity index is 1.54. The van der Waals surface area contributed by atoms with E-state index in [0.29, 0.717) is 30.5 Å². The summed E-state index contributed by atoms with van der Waals surface area (Å²) in [7, 11) is 1.62. The van der Waals surface area contributed by atoms with Gasteiger partial charge in [0.25, 0.3) is 5.56 Å². The van der Waals surface area contributed by atoms with Crippen molar-refractivity contribution >= 4 is 16.8 Å². The zero-order chi connectivity index (χ0) is 19.2. The number of benzene rings is 2. The van der Waals surface area contributed by atoms with Crippen LogP contribution in [0.1, 0.15) is 17.5 Å². The highest BCUT2D eigenvalue weighted by atomic mass is 19.1. The number of halogens is 1. The summed E-state index contributed by atoms with van der Waals surface area (Å²) in [5.41, 5.74) is 1.69. The molecule has 1 aromatic heterocycles. The number of aromatic amines is 1. The standard InChI is InChI=1S/C21H21FN2O3/c1-27-19-5-3-2-4-14(19)10-11-23-20(25)9-7-16-12-15-6-8-17(22)13-18(15)24-21(16)26/h2-6,8,12-13H,7,9-11H2,1H3,(H,23,25)(H,24,26). The topological polar surface area (TPSA) is 71.2 Å². The lowest BCUT2D eigenvalue weighted by Crippen LogP contribution is -2.26. The number of H-pyrrole nitrogens is 1. The number of ether oxygens (including phenoxy) is 1. The first-order chi connectivity index (χ1) is 13.1. The summed E-state index contributed by atoms with van der Waals surface area (Å²) in [5.74, 6) is 0.273. The average molecular weight is 368 g/mol. The van der Waals surface area contributed by atoms with Gasteiger partial charge in [0.05, 0.1) is 12.6 Å². The van der Waals surface area contributed by atoms with Crippen molar-refractivity contribution in [2.45, 2.75) is 19.3 Å². The monoisotopic (exact) mass is 368 g/mol. The van der Waals surface area contributed by atoms with Gasteiger partial charge in [0.15, 0.2) is 0 Å². The van der Waals surface area contributed by atoms with Crippen LogP contribution in [0.5, 0.6) is 5.75 Å². The Morgan fingerprint density at radius 3 is 2.74 bits per heavy atom. The maximum atomic E-state index is 13.2. The molecule has 0 spiro atoms. The second-order valence-electron chi connectivity index (χ2n) is 6.27. The molecule has 0 saturated carbocycles. The number of rotatable bonds is 7. The van der Waals surface area contributed by atoms with Crippen LogP contribution in [0, 0.1) is 5.82 Å². The van der Waals surface area contributed by atoms with E-state index in [9.17, 15) is 14.0 Å². The maximum Gasteiger partial charge on any atom is 0.251 e. The van der Waals surface area contributed by atoms with Crippen molar-refractivity contribution < 1.29 is 13.9 Å². The molecule has 0 aliphatic rings. The zero-order valence-electron chi connectivity index (χ0n) is 15.0. The fourth-order valence-electron chi connectivity index (χ4n) is 2.99. The third-order valence-electron chi connectivity index (χ3n) is 4.42. The summed E-state index contributed by atoms with van der Waals surface area (Å²) >= 11 is 0. The van der Waals surface area contributed by atoms with Gasteiger partial charge in [0.1, 0.15) is 11.6 Å². The van der Waals surface area contributed by atoms with Gasteiger partial charge in [-0.1, -0.05) is 18.2 Å². The lowest BCUT2D eigenvalue weighted by Gasteiger charge is -2.09. The number of hydrogen-bond acceptors (Lipinski definition) is 3. The predicted octanol–water partition coefficient (Wildman–Crippen LogP) is 2.97. The summed E-state index contributed by atoms with van der Waals surface area (Å²) in [5, 5.41) is 3.60. The average Bonchev–Trinajstić information content (AvgIpc) is 2.66. The number of fused-ring (bicyclic) bond motifs is 1. The Kier molecular flexibility index (Phi) is 5.86. The van der Waals surface area contributed by atoms with Crippen LogP contribution in [-0.4, -0.2) is 24.5 Å². The van der Waals surface area contributed by atoms with Crippen molar-refractivity contribution in [3.05, 3.63) is 75.8 Å². The molecule has 0 atom stereocenters. The van der Waals surface area contributed by atoms with Gasteiger partial charge in [-0.3, -0.25) is 9.59 Å². The van der Waals surface area contributed by atoms with Crippen molar-refractivity contribution in [1.82, 2.24) is 10.3 Å². The fourth-order valence-corrected chi connectivity index (χ4v) is 2.99. The number of nitrogens with one attached hydrogen (secondary N) is 2. The highest BCUT2D eigenvalue weighted by molar-refractivity contribution is 5.79. The van der Waals surface area contributed by atoms with Gasteiger partial charge in [-0.05, 0) is 54.1 Å². The van der Waals surface area contributed by atoms with Crippen LogP contribution < -0.4 is 15.6 Å². The van der Waals surface area contributed by atoms with Crippen LogP contribution in [0.2, 0.25) is 0 Å². The van der Waals surface area contributed by atoms with E-state index in [1.54, 1.807) is 19.2 Å². The Morgan fingerprint density at radius 2 is 1.93 bits per heavy atom. The minimum absolute atomic E-state index is 0.122. The third-order valence-corrected chi connectivity index (χ3v) is 4.42. The number of methoxy groups -OCH3 is 1. The van der Waals surface area contributed by atoms with Crippen LogP contribution >= 0.6 is 0 Å². The molecule has 0 bridgehead atoms. The van der Waals surface area contributed by atoms with E-state index in [4.69, 9.17) is 4.74 Å². The first-order valence-corrected chi connectivity index (χ1v) is 8.77. The Morgan fingerprint density at radius 1 is 1.11 bits per heavy atom. The summed E-state index contributed by atoms with van der Waals surface area (Å²) in [6.07, 6.45) is 1.20. The van der Waals surface area contributed by atoms with E-state index in [1.165, 1.54) is 12.1 Å². The summed E-state index contributed by atoms with van der Waals surface area (Å²) < 4.78 is 18.5. The molecule has 0 saturated heterocycles. The van der Waals surface area contributed by atoms with Gasteiger partial charge >= 0.3 is 0 Å². The summed E-state index contributed by atoms with van der Waals surface area (Å²) in [6.45, 7) is 0.493. The van der Waals surface area contributed by atoms with Gasteiger partial charge in [-0.25, -0.2) is 4.39 Å². The van der Waals surface area contributed by atoms with E-state index in [0.717, 1.165) is 16.7 Å². The van der Waals surface area contributed by atoms with Crippen molar-refractivity contribution in [3.8, 4) is 5.75 Å². The molecule has 0 radical (unpaired) electrons. The molecule has 0 aliphatic carbocycles. The van der Waals surface area contributed by atoms with Crippen LogP contribution in [0.4, 0.5) is 4.39 Å². The van der Waals surface area contributed by atoms with E-state index in [-0.39, 0.29) is 17.9 Å². The summed E-state index contributed by atoms with van der Waals surface area (Å²) in [6, 6.07) is 13.6. The first-order valence-electron chi connectivity index (χ1n) is 8.77. The Bertz CT molecular complexity index is 1010. The van der Waals surface area contributed by atoms with Gasteiger partial charge in [-0.15, -0.1) is 0 Å². The quantitative estimate of drug-likeness (QED) is 0.674. The van der Waals surface area contributed by atoms with E-state index >= 15 is 0 Å². The molecule has 6 heteroatoms. The molecule has 0 aliphatic heterocycles. The number of amides is 1. The third kappa shape index (κ3) is 4.73. The fraction of sp³-hybridized carbons (Fsp3) is 0.238.